The zero-order chi connectivity index (χ0) is 15.5. The monoisotopic (exact) mass is 317 g/mol. The van der Waals surface area contributed by atoms with Gasteiger partial charge in [-0.25, -0.2) is 9.07 Å². The van der Waals surface area contributed by atoms with Crippen LogP contribution in [0.2, 0.25) is 5.02 Å². The molecule has 0 aliphatic carbocycles. The lowest BCUT2D eigenvalue weighted by Crippen LogP contribution is -2.04. The van der Waals surface area contributed by atoms with Gasteiger partial charge in [-0.3, -0.25) is 0 Å². The van der Waals surface area contributed by atoms with E-state index < -0.39 is 0 Å². The van der Waals surface area contributed by atoms with Crippen molar-refractivity contribution in [1.29, 1.82) is 0 Å². The maximum absolute atomic E-state index is 13.1. The minimum absolute atomic E-state index is 0.229. The van der Waals surface area contributed by atoms with Crippen LogP contribution in [0.3, 0.4) is 0 Å². The van der Waals surface area contributed by atoms with Gasteiger partial charge in [0.15, 0.2) is 0 Å². The largest absolute Gasteiger partial charge is 0.390 e. The number of nitrogens with zero attached hydrogens (tertiary/aromatic N) is 3. The molecule has 0 amide bonds. The normalized spacial score (nSPS) is 10.9. The van der Waals surface area contributed by atoms with Crippen molar-refractivity contribution in [2.75, 3.05) is 0 Å². The van der Waals surface area contributed by atoms with Crippen LogP contribution in [0.1, 0.15) is 11.3 Å². The molecule has 0 aliphatic heterocycles. The third kappa shape index (κ3) is 3.00. The Bertz CT molecular complexity index is 769. The Labute approximate surface area is 131 Å². The minimum Gasteiger partial charge on any atom is -0.390 e. The summed E-state index contributed by atoms with van der Waals surface area (Å²) in [5.74, 6) is -0.314. The molecule has 0 radical (unpaired) electrons. The SMILES string of the molecule is OCc1nnn(Cc2ccc(Cl)cc2)c1-c1ccc(F)cc1. The quantitative estimate of drug-likeness (QED) is 0.803. The van der Waals surface area contributed by atoms with Gasteiger partial charge in [-0.1, -0.05) is 28.9 Å². The Kier molecular flexibility index (Phi) is 4.18. The second-order valence-corrected chi connectivity index (χ2v) is 5.27. The Hall–Kier alpha value is -2.24. The van der Waals surface area contributed by atoms with E-state index in [0.717, 1.165) is 11.1 Å². The molecule has 3 rings (SSSR count). The molecular weight excluding hydrogens is 305 g/mol. The van der Waals surface area contributed by atoms with Crippen LogP contribution in [0.4, 0.5) is 4.39 Å². The average molecular weight is 318 g/mol. The molecule has 0 aliphatic rings. The molecule has 112 valence electrons. The van der Waals surface area contributed by atoms with Crippen molar-refractivity contribution in [2.24, 2.45) is 0 Å². The van der Waals surface area contributed by atoms with Crippen molar-refractivity contribution in [2.45, 2.75) is 13.2 Å². The number of hydrogen-bond acceptors (Lipinski definition) is 3. The fourth-order valence-electron chi connectivity index (χ4n) is 2.25. The molecule has 22 heavy (non-hydrogen) atoms. The highest BCUT2D eigenvalue weighted by Gasteiger charge is 2.14. The first-order chi connectivity index (χ1) is 10.7. The smallest absolute Gasteiger partial charge is 0.123 e. The van der Waals surface area contributed by atoms with Crippen molar-refractivity contribution < 1.29 is 9.50 Å². The number of rotatable bonds is 4. The zero-order valence-electron chi connectivity index (χ0n) is 11.6. The maximum Gasteiger partial charge on any atom is 0.123 e. The van der Waals surface area contributed by atoms with Crippen molar-refractivity contribution in [3.63, 3.8) is 0 Å². The third-order valence-corrected chi connectivity index (χ3v) is 3.57. The van der Waals surface area contributed by atoms with Gasteiger partial charge in [-0.05, 0) is 42.0 Å². The molecule has 0 unspecified atom stereocenters. The predicted octanol–water partition coefficient (Wildman–Crippen LogP) is 3.28. The molecule has 1 N–H and O–H groups in total. The van der Waals surface area contributed by atoms with Crippen LogP contribution in [-0.2, 0) is 13.2 Å². The zero-order valence-corrected chi connectivity index (χ0v) is 12.3. The highest BCUT2D eigenvalue weighted by molar-refractivity contribution is 6.30. The molecule has 4 nitrogen and oxygen atoms in total. The van der Waals surface area contributed by atoms with Crippen LogP contribution in [0.5, 0.6) is 0 Å². The minimum atomic E-state index is -0.314. The summed E-state index contributed by atoms with van der Waals surface area (Å²) in [6.07, 6.45) is 0. The molecule has 3 aromatic rings. The number of benzene rings is 2. The van der Waals surface area contributed by atoms with Crippen molar-refractivity contribution in [1.82, 2.24) is 15.0 Å². The lowest BCUT2D eigenvalue weighted by molar-refractivity contribution is 0.277. The molecule has 0 spiro atoms. The summed E-state index contributed by atoms with van der Waals surface area (Å²) in [7, 11) is 0. The van der Waals surface area contributed by atoms with Crippen LogP contribution in [0.25, 0.3) is 11.3 Å². The molecule has 0 fully saturated rings. The van der Waals surface area contributed by atoms with Crippen molar-refractivity contribution in [3.8, 4) is 11.3 Å². The number of hydrogen-bond donors (Lipinski definition) is 1. The topological polar surface area (TPSA) is 50.9 Å². The van der Waals surface area contributed by atoms with E-state index in [1.165, 1.54) is 12.1 Å². The summed E-state index contributed by atoms with van der Waals surface area (Å²) in [5, 5.41) is 18.2. The first-order valence-electron chi connectivity index (χ1n) is 6.71. The third-order valence-electron chi connectivity index (χ3n) is 3.32. The molecule has 2 aromatic carbocycles. The summed E-state index contributed by atoms with van der Waals surface area (Å²) < 4.78 is 14.8. The molecule has 0 saturated heterocycles. The Morgan fingerprint density at radius 3 is 2.36 bits per heavy atom. The summed E-state index contributed by atoms with van der Waals surface area (Å²) in [6.45, 7) is 0.254. The van der Waals surface area contributed by atoms with Gasteiger partial charge in [0.2, 0.25) is 0 Å². The fourth-order valence-corrected chi connectivity index (χ4v) is 2.38. The molecule has 1 heterocycles. The number of halogens is 2. The van der Waals surface area contributed by atoms with Crippen LogP contribution in [-0.4, -0.2) is 20.1 Å². The second-order valence-electron chi connectivity index (χ2n) is 4.83. The summed E-state index contributed by atoms with van der Waals surface area (Å²) in [4.78, 5) is 0. The highest BCUT2D eigenvalue weighted by atomic mass is 35.5. The van der Waals surface area contributed by atoms with Gasteiger partial charge in [0.25, 0.3) is 0 Å². The molecule has 6 heteroatoms. The summed E-state index contributed by atoms with van der Waals surface area (Å²) >= 11 is 5.88. The molecule has 0 atom stereocenters. The van der Waals surface area contributed by atoms with E-state index in [1.807, 2.05) is 12.1 Å². The van der Waals surface area contributed by atoms with Gasteiger partial charge >= 0.3 is 0 Å². The van der Waals surface area contributed by atoms with Gasteiger partial charge in [0.05, 0.1) is 18.8 Å². The van der Waals surface area contributed by atoms with Crippen LogP contribution in [0.15, 0.2) is 48.5 Å². The van der Waals surface area contributed by atoms with Gasteiger partial charge in [0, 0.05) is 10.6 Å². The Balaban J connectivity index is 1.99. The molecule has 0 bridgehead atoms. The van der Waals surface area contributed by atoms with Crippen LogP contribution >= 0.6 is 11.6 Å². The van der Waals surface area contributed by atoms with E-state index in [2.05, 4.69) is 10.3 Å². The van der Waals surface area contributed by atoms with E-state index in [1.54, 1.807) is 28.9 Å². The van der Waals surface area contributed by atoms with E-state index in [-0.39, 0.29) is 12.4 Å². The van der Waals surface area contributed by atoms with Gasteiger partial charge in [-0.15, -0.1) is 5.10 Å². The first kappa shape index (κ1) is 14.7. The summed E-state index contributed by atoms with van der Waals surface area (Å²) in [5.41, 5.74) is 2.89. The standard InChI is InChI=1S/C16H13ClFN3O/c17-13-5-1-11(2-6-13)9-21-16(15(10-22)19-20-21)12-3-7-14(18)8-4-12/h1-8,22H,9-10H2. The second kappa shape index (κ2) is 6.25. The number of aromatic nitrogens is 3. The van der Waals surface area contributed by atoms with E-state index in [4.69, 9.17) is 11.6 Å². The van der Waals surface area contributed by atoms with Crippen molar-refractivity contribution in [3.05, 3.63) is 70.6 Å². The average Bonchev–Trinajstić information content (AvgIpc) is 2.93. The van der Waals surface area contributed by atoms with Crippen LogP contribution < -0.4 is 0 Å². The number of aliphatic hydroxyl groups is 1. The van der Waals surface area contributed by atoms with Crippen molar-refractivity contribution >= 4 is 11.6 Å². The Morgan fingerprint density at radius 1 is 1.05 bits per heavy atom. The van der Waals surface area contributed by atoms with Crippen LogP contribution in [0, 0.1) is 5.82 Å². The first-order valence-corrected chi connectivity index (χ1v) is 7.09. The molecule has 0 saturated carbocycles. The lowest BCUT2D eigenvalue weighted by Gasteiger charge is -2.08. The van der Waals surface area contributed by atoms with Gasteiger partial charge < -0.3 is 5.11 Å². The van der Waals surface area contributed by atoms with Gasteiger partial charge in [0.1, 0.15) is 11.5 Å². The highest BCUT2D eigenvalue weighted by Crippen LogP contribution is 2.24. The fraction of sp³-hybridized carbons (Fsp3) is 0.125. The van der Waals surface area contributed by atoms with Gasteiger partial charge in [-0.2, -0.15) is 0 Å². The predicted molar refractivity (Wildman–Crippen MR) is 81.9 cm³/mol. The maximum atomic E-state index is 13.1. The van der Waals surface area contributed by atoms with E-state index in [0.29, 0.717) is 23.0 Å². The molecule has 1 aromatic heterocycles. The number of aliphatic hydroxyl groups excluding tert-OH is 1. The lowest BCUT2D eigenvalue weighted by atomic mass is 10.1. The van der Waals surface area contributed by atoms with E-state index in [9.17, 15) is 9.50 Å². The Morgan fingerprint density at radius 2 is 1.73 bits per heavy atom. The summed E-state index contributed by atoms with van der Waals surface area (Å²) in [6, 6.07) is 13.4. The molecular formula is C16H13ClFN3O. The van der Waals surface area contributed by atoms with E-state index >= 15 is 0 Å².